The Hall–Kier alpha value is -1.02. The summed E-state index contributed by atoms with van der Waals surface area (Å²) >= 11 is 4.89. The van der Waals surface area contributed by atoms with Gasteiger partial charge in [-0.3, -0.25) is 0 Å². The Bertz CT molecular complexity index is 536. The van der Waals surface area contributed by atoms with Gasteiger partial charge >= 0.3 is 0 Å². The molecule has 0 fully saturated rings. The molecule has 0 bridgehead atoms. The smallest absolute Gasteiger partial charge is 0.294 e. The zero-order valence-electron chi connectivity index (χ0n) is 11.1. The van der Waals surface area contributed by atoms with Gasteiger partial charge in [0.15, 0.2) is 0 Å². The van der Waals surface area contributed by atoms with Crippen LogP contribution in [0.2, 0.25) is 0 Å². The van der Waals surface area contributed by atoms with Gasteiger partial charge in [0, 0.05) is 24.7 Å². The average molecular weight is 358 g/mol. The van der Waals surface area contributed by atoms with E-state index in [9.17, 15) is 0 Å². The highest BCUT2D eigenvalue weighted by molar-refractivity contribution is 9.10. The van der Waals surface area contributed by atoms with Crippen molar-refractivity contribution >= 4 is 27.3 Å². The highest BCUT2D eigenvalue weighted by Crippen LogP contribution is 2.19. The summed E-state index contributed by atoms with van der Waals surface area (Å²) in [6, 6.07) is 8.00. The van der Waals surface area contributed by atoms with Crippen LogP contribution in [0.25, 0.3) is 0 Å². The minimum Gasteiger partial charge on any atom is -0.464 e. The lowest BCUT2D eigenvalue weighted by atomic mass is 10.2. The van der Waals surface area contributed by atoms with E-state index in [2.05, 4.69) is 31.4 Å². The summed E-state index contributed by atoms with van der Waals surface area (Å²) < 4.78 is 11.6. The number of methoxy groups -OCH3 is 1. The Morgan fingerprint density at radius 3 is 3.05 bits per heavy atom. The van der Waals surface area contributed by atoms with Gasteiger partial charge in [0.2, 0.25) is 0 Å². The second-order valence-corrected chi connectivity index (χ2v) is 5.99. The van der Waals surface area contributed by atoms with Gasteiger partial charge < -0.3 is 14.8 Å². The molecule has 0 saturated heterocycles. The highest BCUT2D eigenvalue weighted by atomic mass is 79.9. The minimum absolute atomic E-state index is 0.491. The lowest BCUT2D eigenvalue weighted by Gasteiger charge is -2.02. The zero-order chi connectivity index (χ0) is 14.2. The normalized spacial score (nSPS) is 10.7. The quantitative estimate of drug-likeness (QED) is 0.736. The maximum atomic E-state index is 5.63. The molecule has 20 heavy (non-hydrogen) atoms. The van der Waals surface area contributed by atoms with Crippen LogP contribution in [0.5, 0.6) is 5.19 Å². The molecule has 0 unspecified atom stereocenters. The number of benzene rings is 1. The van der Waals surface area contributed by atoms with Gasteiger partial charge in [-0.15, -0.1) is 5.10 Å². The molecule has 2 aromatic rings. The van der Waals surface area contributed by atoms with Crippen molar-refractivity contribution in [1.29, 1.82) is 0 Å². The lowest BCUT2D eigenvalue weighted by molar-refractivity contribution is 0.199. The van der Waals surface area contributed by atoms with Crippen molar-refractivity contribution < 1.29 is 9.47 Å². The molecule has 0 aliphatic heterocycles. The molecule has 1 N–H and O–H groups in total. The summed E-state index contributed by atoms with van der Waals surface area (Å²) in [4.78, 5) is 0. The van der Waals surface area contributed by atoms with Crippen LogP contribution < -0.4 is 10.1 Å². The van der Waals surface area contributed by atoms with Gasteiger partial charge in [-0.05, 0) is 17.7 Å². The molecule has 7 heteroatoms. The average Bonchev–Trinajstić information content (AvgIpc) is 2.89. The Kier molecular flexibility index (Phi) is 6.38. The molecule has 108 valence electrons. The Morgan fingerprint density at radius 2 is 2.25 bits per heavy atom. The number of halogens is 1. The van der Waals surface area contributed by atoms with E-state index in [1.54, 1.807) is 7.11 Å². The number of hydrogen-bond acceptors (Lipinski definition) is 6. The van der Waals surface area contributed by atoms with Crippen LogP contribution in [0.3, 0.4) is 0 Å². The van der Waals surface area contributed by atoms with Gasteiger partial charge in [0.25, 0.3) is 5.19 Å². The summed E-state index contributed by atoms with van der Waals surface area (Å²) in [7, 11) is 1.68. The third-order valence-electron chi connectivity index (χ3n) is 2.46. The van der Waals surface area contributed by atoms with Crippen molar-refractivity contribution in [3.63, 3.8) is 0 Å². The Labute approximate surface area is 130 Å². The third kappa shape index (κ3) is 5.16. The number of ether oxygens (including phenoxy) is 2. The third-order valence-corrected chi connectivity index (χ3v) is 3.79. The topological polar surface area (TPSA) is 56.3 Å². The van der Waals surface area contributed by atoms with E-state index in [4.69, 9.17) is 9.47 Å². The molecule has 0 spiro atoms. The van der Waals surface area contributed by atoms with E-state index in [0.29, 0.717) is 25.0 Å². The first-order chi connectivity index (χ1) is 9.78. The molecule has 0 amide bonds. The number of nitrogens with zero attached hydrogens (tertiary/aromatic N) is 2. The zero-order valence-corrected chi connectivity index (χ0v) is 13.5. The van der Waals surface area contributed by atoms with Crippen LogP contribution in [0.15, 0.2) is 28.7 Å². The van der Waals surface area contributed by atoms with Crippen LogP contribution in [0.4, 0.5) is 0 Å². The summed E-state index contributed by atoms with van der Waals surface area (Å²) in [5, 5.41) is 12.8. The van der Waals surface area contributed by atoms with Crippen LogP contribution in [-0.2, 0) is 17.9 Å². The summed E-state index contributed by atoms with van der Waals surface area (Å²) in [5.74, 6) is 0. The Morgan fingerprint density at radius 1 is 1.35 bits per heavy atom. The van der Waals surface area contributed by atoms with Gasteiger partial charge in [-0.2, -0.15) is 0 Å². The molecule has 5 nitrogen and oxygen atoms in total. The van der Waals surface area contributed by atoms with Crippen LogP contribution in [-0.4, -0.2) is 30.5 Å². The van der Waals surface area contributed by atoms with Gasteiger partial charge in [-0.25, -0.2) is 0 Å². The van der Waals surface area contributed by atoms with Crippen molar-refractivity contribution in [2.24, 2.45) is 0 Å². The van der Waals surface area contributed by atoms with E-state index < -0.39 is 0 Å². The molecular formula is C13H16BrN3O2S. The summed E-state index contributed by atoms with van der Waals surface area (Å²) in [5.41, 5.74) is 1.09. The van der Waals surface area contributed by atoms with Crippen LogP contribution in [0.1, 0.15) is 10.6 Å². The maximum Gasteiger partial charge on any atom is 0.294 e. The number of hydrogen-bond donors (Lipinski definition) is 1. The molecule has 0 aliphatic carbocycles. The molecule has 2 rings (SSSR count). The molecule has 1 heterocycles. The van der Waals surface area contributed by atoms with Gasteiger partial charge in [0.1, 0.15) is 11.6 Å². The first-order valence-corrected chi connectivity index (χ1v) is 7.78. The van der Waals surface area contributed by atoms with Crippen molar-refractivity contribution in [1.82, 2.24) is 15.5 Å². The van der Waals surface area contributed by atoms with E-state index in [1.807, 2.05) is 24.3 Å². The number of rotatable bonds is 8. The first kappa shape index (κ1) is 15.4. The Balaban J connectivity index is 1.78. The van der Waals surface area contributed by atoms with Crippen molar-refractivity contribution in [3.8, 4) is 5.19 Å². The van der Waals surface area contributed by atoms with Crippen molar-refractivity contribution in [2.45, 2.75) is 13.2 Å². The fraction of sp³-hybridized carbons (Fsp3) is 0.385. The first-order valence-electron chi connectivity index (χ1n) is 6.17. The predicted octanol–water partition coefficient (Wildman–Crippen LogP) is 2.62. The van der Waals surface area contributed by atoms with Crippen LogP contribution in [0, 0.1) is 0 Å². The van der Waals surface area contributed by atoms with Gasteiger partial charge in [0.05, 0.1) is 6.61 Å². The summed E-state index contributed by atoms with van der Waals surface area (Å²) in [6.07, 6.45) is 0. The molecule has 0 aliphatic rings. The van der Waals surface area contributed by atoms with E-state index in [-0.39, 0.29) is 0 Å². The fourth-order valence-corrected chi connectivity index (χ4v) is 2.61. The SMILES string of the molecule is COCCNCc1nnc(OCc2cccc(Br)c2)s1. The summed E-state index contributed by atoms with van der Waals surface area (Å²) in [6.45, 7) is 2.65. The molecule has 1 aromatic carbocycles. The number of aromatic nitrogens is 2. The predicted molar refractivity (Wildman–Crippen MR) is 82.0 cm³/mol. The fourth-order valence-electron chi connectivity index (χ4n) is 1.51. The largest absolute Gasteiger partial charge is 0.464 e. The second kappa shape index (κ2) is 8.31. The van der Waals surface area contributed by atoms with E-state index >= 15 is 0 Å². The second-order valence-electron chi connectivity index (χ2n) is 4.05. The van der Waals surface area contributed by atoms with Crippen molar-refractivity contribution in [2.75, 3.05) is 20.3 Å². The molecular weight excluding hydrogens is 342 g/mol. The molecule has 0 radical (unpaired) electrons. The molecule has 1 aromatic heterocycles. The lowest BCUT2D eigenvalue weighted by Crippen LogP contribution is -2.18. The number of nitrogens with one attached hydrogen (secondary N) is 1. The van der Waals surface area contributed by atoms with E-state index in [1.165, 1.54) is 11.3 Å². The minimum atomic E-state index is 0.491. The standard InChI is InChI=1S/C13H16BrN3O2S/c1-18-6-5-15-8-12-16-17-13(20-12)19-9-10-3-2-4-11(14)7-10/h2-4,7,15H,5-6,8-9H2,1H3. The van der Waals surface area contributed by atoms with Crippen molar-refractivity contribution in [3.05, 3.63) is 39.3 Å². The van der Waals surface area contributed by atoms with Crippen LogP contribution >= 0.6 is 27.3 Å². The van der Waals surface area contributed by atoms with Gasteiger partial charge in [-0.1, -0.05) is 44.5 Å². The van der Waals surface area contributed by atoms with E-state index in [0.717, 1.165) is 21.6 Å². The highest BCUT2D eigenvalue weighted by Gasteiger charge is 2.05. The molecule has 0 saturated carbocycles. The molecule has 0 atom stereocenters. The maximum absolute atomic E-state index is 5.63. The monoisotopic (exact) mass is 357 g/mol.